The van der Waals surface area contributed by atoms with E-state index in [1.165, 1.54) is 34.9 Å². The molecule has 0 spiro atoms. The van der Waals surface area contributed by atoms with Gasteiger partial charge in [0.15, 0.2) is 4.80 Å². The van der Waals surface area contributed by atoms with E-state index in [1.807, 2.05) is 30.5 Å². The lowest BCUT2D eigenvalue weighted by atomic mass is 10.2. The van der Waals surface area contributed by atoms with Gasteiger partial charge in [0.2, 0.25) is 10.0 Å². The fourth-order valence-electron chi connectivity index (χ4n) is 4.15. The molecule has 1 aliphatic heterocycles. The molecule has 0 saturated carbocycles. The molecule has 1 amide bonds. The fourth-order valence-corrected chi connectivity index (χ4v) is 6.98. The van der Waals surface area contributed by atoms with E-state index in [1.54, 1.807) is 19.2 Å². The molecule has 0 aliphatic carbocycles. The van der Waals surface area contributed by atoms with Crippen molar-refractivity contribution in [3.8, 4) is 11.5 Å². The monoisotopic (exact) mass is 489 g/mol. The number of benzene rings is 2. The zero-order chi connectivity index (χ0) is 23.8. The summed E-state index contributed by atoms with van der Waals surface area (Å²) in [4.78, 5) is 18.3. The van der Waals surface area contributed by atoms with Gasteiger partial charge in [-0.1, -0.05) is 17.4 Å². The van der Waals surface area contributed by atoms with Crippen LogP contribution in [0.5, 0.6) is 11.5 Å². The van der Waals surface area contributed by atoms with E-state index in [2.05, 4.69) is 4.99 Å². The second-order valence-corrected chi connectivity index (χ2v) is 10.7. The fraction of sp³-hybridized carbons (Fsp3) is 0.391. The number of hydrogen-bond acceptors (Lipinski definition) is 6. The highest BCUT2D eigenvalue weighted by molar-refractivity contribution is 7.89. The van der Waals surface area contributed by atoms with Gasteiger partial charge < -0.3 is 14.0 Å². The van der Waals surface area contributed by atoms with E-state index in [4.69, 9.17) is 9.47 Å². The predicted molar refractivity (Wildman–Crippen MR) is 127 cm³/mol. The lowest BCUT2D eigenvalue weighted by Crippen LogP contribution is -2.40. The first-order valence-corrected chi connectivity index (χ1v) is 13.0. The van der Waals surface area contributed by atoms with E-state index in [0.29, 0.717) is 35.7 Å². The first kappa shape index (κ1) is 23.5. The SMILES string of the molecule is CCn1c(=NC(=O)C2CCCN2S(=O)(=O)c2ccc(OC)cc2)sc2c(C)ccc(OC)c21. The molecule has 1 aliphatic rings. The van der Waals surface area contributed by atoms with Crippen molar-refractivity contribution < 1.29 is 22.7 Å². The van der Waals surface area contributed by atoms with Gasteiger partial charge in [0.1, 0.15) is 23.1 Å². The average Bonchev–Trinajstić information content (AvgIpc) is 3.45. The number of fused-ring (bicyclic) bond motifs is 1. The molecule has 1 atom stereocenters. The van der Waals surface area contributed by atoms with Crippen molar-refractivity contribution in [2.45, 2.75) is 44.2 Å². The van der Waals surface area contributed by atoms with Crippen molar-refractivity contribution in [3.05, 3.63) is 46.8 Å². The standard InChI is InChI=1S/C23H27N3O5S2/c1-5-25-20-19(31-4)13-8-15(2)21(20)32-23(25)24-22(27)18-7-6-14-26(18)33(28,29)17-11-9-16(30-3)10-12-17/h8-13,18H,5-7,14H2,1-4H3. The molecule has 1 fully saturated rings. The van der Waals surface area contributed by atoms with Crippen LogP contribution in [-0.4, -0.2) is 50.0 Å². The zero-order valence-corrected chi connectivity index (χ0v) is 20.7. The maximum atomic E-state index is 13.3. The Morgan fingerprint density at radius 1 is 1.15 bits per heavy atom. The van der Waals surface area contributed by atoms with Crippen LogP contribution in [0.4, 0.5) is 0 Å². The quantitative estimate of drug-likeness (QED) is 0.530. The average molecular weight is 490 g/mol. The summed E-state index contributed by atoms with van der Waals surface area (Å²) in [5, 5.41) is 0. The number of carbonyl (C=O) groups excluding carboxylic acids is 1. The van der Waals surface area contributed by atoms with Crippen molar-refractivity contribution in [1.29, 1.82) is 0 Å². The largest absolute Gasteiger partial charge is 0.497 e. The molecule has 8 nitrogen and oxygen atoms in total. The van der Waals surface area contributed by atoms with Crippen molar-refractivity contribution in [3.63, 3.8) is 0 Å². The Labute approximate surface area is 197 Å². The Kier molecular flexibility index (Phi) is 6.60. The third-order valence-corrected chi connectivity index (χ3v) is 9.02. The normalized spacial score (nSPS) is 17.6. The van der Waals surface area contributed by atoms with Gasteiger partial charge in [-0.05, 0) is 62.6 Å². The summed E-state index contributed by atoms with van der Waals surface area (Å²) in [6, 6.07) is 9.25. The molecule has 0 N–H and O–H groups in total. The summed E-state index contributed by atoms with van der Waals surface area (Å²) >= 11 is 1.41. The number of ether oxygens (including phenoxy) is 2. The van der Waals surface area contributed by atoms with Crippen LogP contribution in [0.3, 0.4) is 0 Å². The summed E-state index contributed by atoms with van der Waals surface area (Å²) in [5.74, 6) is 0.833. The van der Waals surface area contributed by atoms with Crippen LogP contribution in [-0.2, 0) is 21.4 Å². The van der Waals surface area contributed by atoms with E-state index < -0.39 is 22.0 Å². The molecule has 10 heteroatoms. The van der Waals surface area contributed by atoms with Gasteiger partial charge >= 0.3 is 0 Å². The van der Waals surface area contributed by atoms with Crippen LogP contribution in [0.25, 0.3) is 10.2 Å². The number of rotatable bonds is 6. The molecular weight excluding hydrogens is 462 g/mol. The highest BCUT2D eigenvalue weighted by Crippen LogP contribution is 2.31. The summed E-state index contributed by atoms with van der Waals surface area (Å²) in [6.45, 7) is 4.87. The number of methoxy groups -OCH3 is 2. The van der Waals surface area contributed by atoms with Crippen molar-refractivity contribution in [1.82, 2.24) is 8.87 Å². The number of hydrogen-bond donors (Lipinski definition) is 0. The van der Waals surface area contributed by atoms with Crippen molar-refractivity contribution in [2.75, 3.05) is 20.8 Å². The number of amides is 1. The van der Waals surface area contributed by atoms with Gasteiger partial charge in [-0.25, -0.2) is 8.42 Å². The number of carbonyl (C=O) groups is 1. The molecule has 0 bridgehead atoms. The summed E-state index contributed by atoms with van der Waals surface area (Å²) in [5.41, 5.74) is 1.96. The Balaban J connectivity index is 1.73. The molecule has 1 unspecified atom stereocenters. The van der Waals surface area contributed by atoms with Crippen LogP contribution >= 0.6 is 11.3 Å². The smallest absolute Gasteiger partial charge is 0.266 e. The highest BCUT2D eigenvalue weighted by atomic mass is 32.2. The van der Waals surface area contributed by atoms with Gasteiger partial charge in [0, 0.05) is 13.1 Å². The van der Waals surface area contributed by atoms with Crippen LogP contribution in [0.2, 0.25) is 0 Å². The second kappa shape index (κ2) is 9.28. The molecule has 2 heterocycles. The van der Waals surface area contributed by atoms with Gasteiger partial charge in [-0.2, -0.15) is 9.30 Å². The molecule has 0 radical (unpaired) electrons. The molecule has 4 rings (SSSR count). The second-order valence-electron chi connectivity index (χ2n) is 7.79. The number of thiazole rings is 1. The molecule has 1 saturated heterocycles. The lowest BCUT2D eigenvalue weighted by molar-refractivity contribution is -0.121. The molecule has 2 aromatic carbocycles. The first-order chi connectivity index (χ1) is 15.8. The summed E-state index contributed by atoms with van der Waals surface area (Å²) < 4.78 is 41.4. The topological polar surface area (TPSA) is 90.2 Å². The Morgan fingerprint density at radius 2 is 1.88 bits per heavy atom. The lowest BCUT2D eigenvalue weighted by Gasteiger charge is -2.21. The minimum atomic E-state index is -3.83. The third-order valence-electron chi connectivity index (χ3n) is 5.88. The van der Waals surface area contributed by atoms with Crippen LogP contribution in [0, 0.1) is 6.92 Å². The number of sulfonamides is 1. The molecule has 33 heavy (non-hydrogen) atoms. The number of nitrogens with zero attached hydrogens (tertiary/aromatic N) is 3. The third kappa shape index (κ3) is 4.18. The Bertz CT molecular complexity index is 1360. The van der Waals surface area contributed by atoms with Crippen LogP contribution in [0.15, 0.2) is 46.3 Å². The maximum absolute atomic E-state index is 13.3. The highest BCUT2D eigenvalue weighted by Gasteiger charge is 2.39. The van der Waals surface area contributed by atoms with Crippen molar-refractivity contribution in [2.24, 2.45) is 4.99 Å². The molecular formula is C23H27N3O5S2. The van der Waals surface area contributed by atoms with Gasteiger partial charge in [0.25, 0.3) is 5.91 Å². The summed E-state index contributed by atoms with van der Waals surface area (Å²) in [7, 11) is -0.697. The predicted octanol–water partition coefficient (Wildman–Crippen LogP) is 3.33. The maximum Gasteiger partial charge on any atom is 0.266 e. The van der Waals surface area contributed by atoms with Crippen LogP contribution < -0.4 is 14.3 Å². The van der Waals surface area contributed by atoms with E-state index in [9.17, 15) is 13.2 Å². The number of aromatic nitrogens is 1. The summed E-state index contributed by atoms with van der Waals surface area (Å²) in [6.07, 6.45) is 1.05. The first-order valence-electron chi connectivity index (χ1n) is 10.7. The number of aryl methyl sites for hydroxylation is 2. The van der Waals surface area contributed by atoms with Gasteiger partial charge in [-0.15, -0.1) is 0 Å². The Hall–Kier alpha value is -2.69. The van der Waals surface area contributed by atoms with Crippen molar-refractivity contribution >= 4 is 37.5 Å². The van der Waals surface area contributed by atoms with E-state index in [-0.39, 0.29) is 11.4 Å². The minimum Gasteiger partial charge on any atom is -0.497 e. The van der Waals surface area contributed by atoms with Gasteiger partial charge in [0.05, 0.1) is 23.8 Å². The van der Waals surface area contributed by atoms with Crippen LogP contribution in [0.1, 0.15) is 25.3 Å². The van der Waals surface area contributed by atoms with E-state index >= 15 is 0 Å². The minimum absolute atomic E-state index is 0.133. The molecule has 1 aromatic heterocycles. The Morgan fingerprint density at radius 3 is 2.52 bits per heavy atom. The van der Waals surface area contributed by atoms with E-state index in [0.717, 1.165) is 15.8 Å². The molecule has 176 valence electrons. The van der Waals surface area contributed by atoms with Gasteiger partial charge in [-0.3, -0.25) is 4.79 Å². The zero-order valence-electron chi connectivity index (χ0n) is 19.1. The molecule has 3 aromatic rings.